The third kappa shape index (κ3) is 4.34. The Bertz CT molecular complexity index is 236. The van der Waals surface area contributed by atoms with E-state index >= 15 is 0 Å². The summed E-state index contributed by atoms with van der Waals surface area (Å²) in [5.74, 6) is 4.49. The van der Waals surface area contributed by atoms with Crippen LogP contribution in [0.1, 0.15) is 20.3 Å². The number of hydrogen-bond donors (Lipinski definition) is 2. The maximum Gasteiger partial charge on any atom is 0.405 e. The van der Waals surface area contributed by atoms with Crippen LogP contribution in [0.5, 0.6) is 0 Å². The number of carbonyl (C=O) groups excluding carboxylic acids is 1. The van der Waals surface area contributed by atoms with Gasteiger partial charge in [-0.3, -0.25) is 4.79 Å². The summed E-state index contributed by atoms with van der Waals surface area (Å²) in [6.07, 6.45) is -0.625. The van der Waals surface area contributed by atoms with Crippen LogP contribution in [0.15, 0.2) is 0 Å². The van der Waals surface area contributed by atoms with Crippen LogP contribution in [0.25, 0.3) is 0 Å². The van der Waals surface area contributed by atoms with Gasteiger partial charge in [-0.1, -0.05) is 12.8 Å². The van der Waals surface area contributed by atoms with Crippen molar-refractivity contribution in [2.75, 3.05) is 0 Å². The van der Waals surface area contributed by atoms with Crippen LogP contribution in [0, 0.1) is 11.8 Å². The minimum atomic E-state index is -1.21. The van der Waals surface area contributed by atoms with Crippen LogP contribution in [0.4, 0.5) is 4.79 Å². The Morgan fingerprint density at radius 1 is 1.58 bits per heavy atom. The summed E-state index contributed by atoms with van der Waals surface area (Å²) >= 11 is 0. The summed E-state index contributed by atoms with van der Waals surface area (Å²) in [6, 6.07) is -0.749. The average molecular weight is 169 g/mol. The Hall–Kier alpha value is -1.50. The minimum Gasteiger partial charge on any atom is -0.465 e. The van der Waals surface area contributed by atoms with Crippen LogP contribution < -0.4 is 5.32 Å². The van der Waals surface area contributed by atoms with Gasteiger partial charge >= 0.3 is 6.09 Å². The largest absolute Gasteiger partial charge is 0.465 e. The minimum absolute atomic E-state index is 0.403. The van der Waals surface area contributed by atoms with Crippen LogP contribution in [0.3, 0.4) is 0 Å². The molecule has 0 aromatic carbocycles. The molecule has 4 nitrogen and oxygen atoms in total. The summed E-state index contributed by atoms with van der Waals surface area (Å²) in [4.78, 5) is 21.0. The highest BCUT2D eigenvalue weighted by Crippen LogP contribution is 1.83. The molecule has 0 fully saturated rings. The highest BCUT2D eigenvalue weighted by atomic mass is 16.4. The Morgan fingerprint density at radius 3 is 2.58 bits per heavy atom. The number of hydrogen-bond acceptors (Lipinski definition) is 2. The van der Waals surface area contributed by atoms with E-state index in [0.717, 1.165) is 0 Å². The Balaban J connectivity index is 4.01. The first-order valence-corrected chi connectivity index (χ1v) is 3.60. The van der Waals surface area contributed by atoms with E-state index in [1.165, 1.54) is 6.92 Å². The molecule has 66 valence electrons. The second kappa shape index (κ2) is 5.19. The van der Waals surface area contributed by atoms with E-state index < -0.39 is 17.9 Å². The number of nitrogens with one attached hydrogen (secondary N) is 1. The lowest BCUT2D eigenvalue weighted by atomic mass is 10.2. The molecule has 0 aromatic heterocycles. The third-order valence-electron chi connectivity index (χ3n) is 1.12. The van der Waals surface area contributed by atoms with Gasteiger partial charge in [-0.25, -0.2) is 4.79 Å². The van der Waals surface area contributed by atoms with Crippen LogP contribution in [0.2, 0.25) is 0 Å². The SMILES string of the molecule is CCC#CC(=O)C(C)NC(=O)O. The summed E-state index contributed by atoms with van der Waals surface area (Å²) in [5.41, 5.74) is 0. The number of amides is 1. The number of Topliss-reactive ketones (excluding diaryl/α,β-unsaturated/α-hetero) is 1. The zero-order valence-electron chi connectivity index (χ0n) is 7.05. The van der Waals surface area contributed by atoms with Crippen molar-refractivity contribution < 1.29 is 14.7 Å². The molecule has 0 aliphatic rings. The van der Waals surface area contributed by atoms with Gasteiger partial charge in [0.1, 0.15) is 6.04 Å². The van der Waals surface area contributed by atoms with E-state index in [0.29, 0.717) is 6.42 Å². The molecule has 12 heavy (non-hydrogen) atoms. The number of ketones is 1. The molecule has 0 aliphatic heterocycles. The fourth-order valence-corrected chi connectivity index (χ4v) is 0.535. The maximum absolute atomic E-state index is 10.9. The van der Waals surface area contributed by atoms with Gasteiger partial charge < -0.3 is 10.4 Å². The van der Waals surface area contributed by atoms with Crippen molar-refractivity contribution in [3.05, 3.63) is 0 Å². The third-order valence-corrected chi connectivity index (χ3v) is 1.12. The molecule has 0 radical (unpaired) electrons. The van der Waals surface area contributed by atoms with Gasteiger partial charge in [-0.15, -0.1) is 0 Å². The molecule has 2 N–H and O–H groups in total. The molecule has 1 atom stereocenters. The van der Waals surface area contributed by atoms with Crippen LogP contribution in [-0.4, -0.2) is 23.0 Å². The van der Waals surface area contributed by atoms with Crippen LogP contribution >= 0.6 is 0 Å². The smallest absolute Gasteiger partial charge is 0.405 e. The van der Waals surface area contributed by atoms with E-state index in [4.69, 9.17) is 5.11 Å². The average Bonchev–Trinajstić information content (AvgIpc) is 1.98. The van der Waals surface area contributed by atoms with E-state index in [1.54, 1.807) is 0 Å². The standard InChI is InChI=1S/C8H11NO3/c1-3-4-5-7(10)6(2)9-8(11)12/h6,9H,3H2,1-2H3,(H,11,12). The van der Waals surface area contributed by atoms with Crippen LogP contribution in [-0.2, 0) is 4.79 Å². The van der Waals surface area contributed by atoms with E-state index in [-0.39, 0.29) is 0 Å². The number of carbonyl (C=O) groups is 2. The van der Waals surface area contributed by atoms with Crippen molar-refractivity contribution in [3.63, 3.8) is 0 Å². The fraction of sp³-hybridized carbons (Fsp3) is 0.500. The number of rotatable bonds is 2. The summed E-state index contributed by atoms with van der Waals surface area (Å²) in [7, 11) is 0. The lowest BCUT2D eigenvalue weighted by molar-refractivity contribution is -0.115. The van der Waals surface area contributed by atoms with E-state index in [1.807, 2.05) is 12.2 Å². The lowest BCUT2D eigenvalue weighted by Gasteiger charge is -2.04. The number of carboxylic acid groups (broad SMARTS) is 1. The van der Waals surface area contributed by atoms with Gasteiger partial charge in [0, 0.05) is 6.42 Å². The van der Waals surface area contributed by atoms with Gasteiger partial charge in [0.25, 0.3) is 0 Å². The first-order chi connectivity index (χ1) is 5.57. The predicted molar refractivity (Wildman–Crippen MR) is 43.7 cm³/mol. The Morgan fingerprint density at radius 2 is 2.17 bits per heavy atom. The highest BCUT2D eigenvalue weighted by molar-refractivity contribution is 6.00. The van der Waals surface area contributed by atoms with E-state index in [2.05, 4.69) is 11.8 Å². The quantitative estimate of drug-likeness (QED) is 0.470. The van der Waals surface area contributed by atoms with Crippen molar-refractivity contribution in [1.82, 2.24) is 5.32 Å². The van der Waals surface area contributed by atoms with Gasteiger partial charge in [-0.2, -0.15) is 0 Å². The fourth-order valence-electron chi connectivity index (χ4n) is 0.535. The van der Waals surface area contributed by atoms with Gasteiger partial charge in [-0.05, 0) is 12.8 Å². The van der Waals surface area contributed by atoms with Crippen molar-refractivity contribution in [2.24, 2.45) is 0 Å². The van der Waals surface area contributed by atoms with Gasteiger partial charge in [0.15, 0.2) is 0 Å². The molecule has 0 spiro atoms. The molecular weight excluding hydrogens is 158 g/mol. The van der Waals surface area contributed by atoms with Crippen molar-refractivity contribution in [2.45, 2.75) is 26.3 Å². The molecule has 0 saturated carbocycles. The molecule has 0 bridgehead atoms. The Kier molecular flexibility index (Phi) is 4.54. The summed E-state index contributed by atoms with van der Waals surface area (Å²) in [5, 5.41) is 10.3. The zero-order valence-corrected chi connectivity index (χ0v) is 7.05. The summed E-state index contributed by atoms with van der Waals surface area (Å²) < 4.78 is 0. The second-order valence-electron chi connectivity index (χ2n) is 2.19. The molecule has 0 saturated heterocycles. The molecule has 0 heterocycles. The zero-order chi connectivity index (χ0) is 9.56. The molecule has 4 heteroatoms. The normalized spacial score (nSPS) is 10.8. The topological polar surface area (TPSA) is 66.4 Å². The van der Waals surface area contributed by atoms with Crippen molar-refractivity contribution in [1.29, 1.82) is 0 Å². The molecular formula is C8H11NO3. The molecule has 0 rings (SSSR count). The summed E-state index contributed by atoms with van der Waals surface area (Å²) in [6.45, 7) is 3.27. The Labute approximate surface area is 71.0 Å². The lowest BCUT2D eigenvalue weighted by Crippen LogP contribution is -2.36. The van der Waals surface area contributed by atoms with Crippen molar-refractivity contribution >= 4 is 11.9 Å². The first kappa shape index (κ1) is 10.5. The van der Waals surface area contributed by atoms with E-state index in [9.17, 15) is 9.59 Å². The van der Waals surface area contributed by atoms with Crippen molar-refractivity contribution in [3.8, 4) is 11.8 Å². The molecule has 1 unspecified atom stereocenters. The second-order valence-corrected chi connectivity index (χ2v) is 2.19. The molecule has 1 amide bonds. The maximum atomic E-state index is 10.9. The predicted octanol–water partition coefficient (Wildman–Crippen LogP) is 0.625. The molecule has 0 aromatic rings. The van der Waals surface area contributed by atoms with Gasteiger partial charge in [0.2, 0.25) is 5.78 Å². The monoisotopic (exact) mass is 169 g/mol. The highest BCUT2D eigenvalue weighted by Gasteiger charge is 2.11. The first-order valence-electron chi connectivity index (χ1n) is 3.60. The van der Waals surface area contributed by atoms with Gasteiger partial charge in [0.05, 0.1) is 0 Å². The molecule has 0 aliphatic carbocycles.